The fourth-order valence-corrected chi connectivity index (χ4v) is 1.97. The van der Waals surface area contributed by atoms with Crippen molar-refractivity contribution in [1.29, 1.82) is 0 Å². The third-order valence-electron chi connectivity index (χ3n) is 3.23. The number of primary amides is 1. The van der Waals surface area contributed by atoms with Crippen molar-refractivity contribution in [2.24, 2.45) is 11.7 Å². The predicted molar refractivity (Wildman–Crippen MR) is 73.5 cm³/mol. The molecule has 0 heterocycles. The maximum atomic E-state index is 10.9. The molecule has 0 bridgehead atoms. The molecular weight excluding hydrogens is 280 g/mol. The zero-order chi connectivity index (χ0) is 13.1. The summed E-state index contributed by atoms with van der Waals surface area (Å²) in [5.74, 6) is 0.0111. The number of hydrogen-bond donors (Lipinski definition) is 2. The number of halogens is 1. The average molecular weight is 299 g/mol. The maximum Gasteiger partial charge on any atom is 0.231 e. The summed E-state index contributed by atoms with van der Waals surface area (Å²) < 4.78 is 1.04. The van der Waals surface area contributed by atoms with Crippen molar-refractivity contribution in [3.8, 4) is 0 Å². The second-order valence-corrected chi connectivity index (χ2v) is 5.60. The van der Waals surface area contributed by atoms with E-state index in [0.29, 0.717) is 5.92 Å². The Hall–Kier alpha value is -0.870. The van der Waals surface area contributed by atoms with Crippen molar-refractivity contribution >= 4 is 21.8 Å². The minimum Gasteiger partial charge on any atom is -0.369 e. The van der Waals surface area contributed by atoms with E-state index in [2.05, 4.69) is 54.2 Å². The van der Waals surface area contributed by atoms with Crippen LogP contribution in [0.25, 0.3) is 0 Å². The predicted octanol–water partition coefficient (Wildman–Crippen LogP) is 2.40. The van der Waals surface area contributed by atoms with Crippen LogP contribution in [0, 0.1) is 5.92 Å². The van der Waals surface area contributed by atoms with E-state index < -0.39 is 0 Å². The number of rotatable bonds is 5. The molecule has 0 spiro atoms. The number of benzene rings is 1. The average Bonchev–Trinajstić information content (AvgIpc) is 2.26. The molecule has 3 N–H and O–H groups in total. The van der Waals surface area contributed by atoms with Crippen molar-refractivity contribution in [3.63, 3.8) is 0 Å². The topological polar surface area (TPSA) is 55.1 Å². The number of nitrogens with one attached hydrogen (secondary N) is 1. The zero-order valence-electron chi connectivity index (χ0n) is 10.5. The Bertz CT molecular complexity index is 389. The molecule has 1 atom stereocenters. The third kappa shape index (κ3) is 3.54. The van der Waals surface area contributed by atoms with Gasteiger partial charge in [-0.2, -0.15) is 0 Å². The highest BCUT2D eigenvalue weighted by molar-refractivity contribution is 9.10. The van der Waals surface area contributed by atoms with Gasteiger partial charge in [0.15, 0.2) is 0 Å². The van der Waals surface area contributed by atoms with Gasteiger partial charge in [-0.1, -0.05) is 41.9 Å². The summed E-state index contributed by atoms with van der Waals surface area (Å²) >= 11 is 3.42. The van der Waals surface area contributed by atoms with Gasteiger partial charge in [0, 0.05) is 10.0 Å². The summed E-state index contributed by atoms with van der Waals surface area (Å²) in [6.07, 6.45) is 0. The van der Waals surface area contributed by atoms with Crippen LogP contribution in [-0.4, -0.2) is 12.5 Å². The first kappa shape index (κ1) is 14.2. The maximum absolute atomic E-state index is 10.9. The molecule has 0 aromatic heterocycles. The largest absolute Gasteiger partial charge is 0.369 e. The lowest BCUT2D eigenvalue weighted by atomic mass is 9.81. The van der Waals surface area contributed by atoms with E-state index in [4.69, 9.17) is 5.73 Å². The molecule has 1 amide bonds. The lowest BCUT2D eigenvalue weighted by Crippen LogP contribution is -2.47. The first-order valence-corrected chi connectivity index (χ1v) is 6.45. The molecule has 0 aliphatic rings. The van der Waals surface area contributed by atoms with Crippen LogP contribution in [0.4, 0.5) is 0 Å². The van der Waals surface area contributed by atoms with Gasteiger partial charge in [-0.15, -0.1) is 0 Å². The number of carbonyl (C=O) groups excluding carboxylic acids is 1. The molecule has 17 heavy (non-hydrogen) atoms. The monoisotopic (exact) mass is 298 g/mol. The molecule has 0 aliphatic heterocycles. The van der Waals surface area contributed by atoms with Gasteiger partial charge in [-0.05, 0) is 30.5 Å². The summed E-state index contributed by atoms with van der Waals surface area (Å²) in [7, 11) is 0. The molecular formula is C13H19BrN2O. The second-order valence-electron chi connectivity index (χ2n) is 4.68. The fraction of sp³-hybridized carbons (Fsp3) is 0.462. The van der Waals surface area contributed by atoms with E-state index >= 15 is 0 Å². The lowest BCUT2D eigenvalue weighted by molar-refractivity contribution is -0.117. The van der Waals surface area contributed by atoms with Crippen LogP contribution in [0.15, 0.2) is 28.7 Å². The van der Waals surface area contributed by atoms with Gasteiger partial charge in [-0.3, -0.25) is 10.1 Å². The van der Waals surface area contributed by atoms with Crippen LogP contribution in [0.5, 0.6) is 0 Å². The Morgan fingerprint density at radius 2 is 1.94 bits per heavy atom. The Morgan fingerprint density at radius 1 is 1.41 bits per heavy atom. The first-order valence-electron chi connectivity index (χ1n) is 5.65. The van der Waals surface area contributed by atoms with Crippen molar-refractivity contribution in [3.05, 3.63) is 34.3 Å². The number of nitrogens with two attached hydrogens (primary N) is 1. The minimum absolute atomic E-state index is 0.185. The molecule has 0 saturated carbocycles. The van der Waals surface area contributed by atoms with E-state index in [1.165, 1.54) is 0 Å². The quantitative estimate of drug-likeness (QED) is 0.877. The molecule has 3 nitrogen and oxygen atoms in total. The fourth-order valence-electron chi connectivity index (χ4n) is 1.71. The highest BCUT2D eigenvalue weighted by atomic mass is 79.9. The van der Waals surface area contributed by atoms with E-state index in [1.54, 1.807) is 0 Å². The number of carbonyl (C=O) groups is 1. The van der Waals surface area contributed by atoms with Crippen LogP contribution in [0.2, 0.25) is 0 Å². The van der Waals surface area contributed by atoms with Crippen LogP contribution in [-0.2, 0) is 10.3 Å². The summed E-state index contributed by atoms with van der Waals surface area (Å²) in [4.78, 5) is 10.9. The van der Waals surface area contributed by atoms with Gasteiger partial charge in [0.25, 0.3) is 0 Å². The van der Waals surface area contributed by atoms with E-state index in [1.807, 2.05) is 12.1 Å². The summed E-state index contributed by atoms with van der Waals surface area (Å²) in [6, 6.07) is 8.11. The van der Waals surface area contributed by atoms with Gasteiger partial charge in [0.05, 0.1) is 6.54 Å². The molecule has 94 valence electrons. The number of hydrogen-bond acceptors (Lipinski definition) is 2. The van der Waals surface area contributed by atoms with Crippen molar-refractivity contribution in [1.82, 2.24) is 5.32 Å². The molecule has 0 fully saturated rings. The van der Waals surface area contributed by atoms with Crippen LogP contribution < -0.4 is 11.1 Å². The Labute approximate surface area is 111 Å². The summed E-state index contributed by atoms with van der Waals surface area (Å²) in [5.41, 5.74) is 6.09. The van der Waals surface area contributed by atoms with Gasteiger partial charge in [0.1, 0.15) is 0 Å². The normalized spacial score (nSPS) is 14.6. The second kappa shape index (κ2) is 5.65. The van der Waals surface area contributed by atoms with Crippen LogP contribution in [0.3, 0.4) is 0 Å². The Balaban J connectivity index is 2.98. The summed E-state index contributed by atoms with van der Waals surface area (Å²) in [5, 5.41) is 3.24. The minimum atomic E-state index is -0.339. The molecule has 1 aromatic carbocycles. The van der Waals surface area contributed by atoms with Gasteiger partial charge >= 0.3 is 0 Å². The smallest absolute Gasteiger partial charge is 0.231 e. The van der Waals surface area contributed by atoms with Gasteiger partial charge in [-0.25, -0.2) is 0 Å². The van der Waals surface area contributed by atoms with E-state index in [0.717, 1.165) is 10.0 Å². The molecule has 4 heteroatoms. The first-order chi connectivity index (χ1) is 7.86. The van der Waals surface area contributed by atoms with Crippen LogP contribution in [0.1, 0.15) is 26.3 Å². The van der Waals surface area contributed by atoms with E-state index in [-0.39, 0.29) is 18.0 Å². The van der Waals surface area contributed by atoms with Gasteiger partial charge < -0.3 is 5.73 Å². The number of amides is 1. The van der Waals surface area contributed by atoms with Gasteiger partial charge in [0.2, 0.25) is 5.91 Å². The SMILES string of the molecule is CC(C)[C@@](C)(NCC(N)=O)c1ccc(Br)cc1. The highest BCUT2D eigenvalue weighted by Crippen LogP contribution is 2.29. The standard InChI is InChI=1S/C13H19BrN2O/c1-9(2)13(3,16-8-12(15)17)10-4-6-11(14)7-5-10/h4-7,9,16H,8H2,1-3H3,(H2,15,17)/t13-/m1/s1. The molecule has 0 aliphatic carbocycles. The molecule has 0 radical (unpaired) electrons. The molecule has 0 saturated heterocycles. The Kier molecular flexibility index (Phi) is 4.71. The molecule has 1 rings (SSSR count). The molecule has 1 aromatic rings. The van der Waals surface area contributed by atoms with Crippen LogP contribution >= 0.6 is 15.9 Å². The van der Waals surface area contributed by atoms with Crippen molar-refractivity contribution in [2.45, 2.75) is 26.3 Å². The van der Waals surface area contributed by atoms with E-state index in [9.17, 15) is 4.79 Å². The van der Waals surface area contributed by atoms with Crippen molar-refractivity contribution < 1.29 is 4.79 Å². The van der Waals surface area contributed by atoms with Crippen molar-refractivity contribution in [2.75, 3.05) is 6.54 Å². The molecule has 0 unspecified atom stereocenters. The zero-order valence-corrected chi connectivity index (χ0v) is 12.0. The highest BCUT2D eigenvalue weighted by Gasteiger charge is 2.30. The Morgan fingerprint density at radius 3 is 2.35 bits per heavy atom. The summed E-state index contributed by atoms with van der Waals surface area (Å²) in [6.45, 7) is 6.51. The lowest BCUT2D eigenvalue weighted by Gasteiger charge is -2.35. The third-order valence-corrected chi connectivity index (χ3v) is 3.76.